The Morgan fingerprint density at radius 2 is 2.00 bits per heavy atom. The second-order valence-electron chi connectivity index (χ2n) is 6.33. The van der Waals surface area contributed by atoms with Gasteiger partial charge in [-0.3, -0.25) is 0 Å². The molecule has 0 heterocycles. The van der Waals surface area contributed by atoms with E-state index in [1.165, 1.54) is 12.8 Å². The smallest absolute Gasteiger partial charge is 0.108 e. The summed E-state index contributed by atoms with van der Waals surface area (Å²) in [6.07, 6.45) is 3.80. The zero-order valence-corrected chi connectivity index (χ0v) is 11.6. The molecule has 0 amide bonds. The van der Waals surface area contributed by atoms with Gasteiger partial charge in [-0.25, -0.2) is 0 Å². The van der Waals surface area contributed by atoms with Gasteiger partial charge in [0.15, 0.2) is 0 Å². The average molecular weight is 244 g/mol. The fourth-order valence-electron chi connectivity index (χ4n) is 2.64. The maximum atomic E-state index is 9.77. The summed E-state index contributed by atoms with van der Waals surface area (Å²) in [5, 5.41) is 18.8. The van der Waals surface area contributed by atoms with Crippen LogP contribution in [0.2, 0.25) is 0 Å². The van der Waals surface area contributed by atoms with Crippen LogP contribution in [0.3, 0.4) is 0 Å². The van der Waals surface area contributed by atoms with Gasteiger partial charge in [0.05, 0.1) is 19.3 Å². The minimum absolute atomic E-state index is 0.226. The van der Waals surface area contributed by atoms with Crippen molar-refractivity contribution in [1.29, 1.82) is 0 Å². The van der Waals surface area contributed by atoms with Crippen molar-refractivity contribution in [3.63, 3.8) is 0 Å². The molecule has 17 heavy (non-hydrogen) atoms. The van der Waals surface area contributed by atoms with E-state index in [-0.39, 0.29) is 19.3 Å². The van der Waals surface area contributed by atoms with Crippen LogP contribution in [-0.4, -0.2) is 35.1 Å². The van der Waals surface area contributed by atoms with Gasteiger partial charge in [-0.05, 0) is 37.5 Å². The number of hydrogen-bond donors (Lipinski definition) is 2. The third-order valence-corrected chi connectivity index (χ3v) is 3.91. The summed E-state index contributed by atoms with van der Waals surface area (Å²) in [4.78, 5) is 0. The summed E-state index contributed by atoms with van der Waals surface area (Å²) in [7, 11) is 0. The highest BCUT2D eigenvalue weighted by molar-refractivity contribution is 4.82. The maximum absolute atomic E-state index is 9.77. The number of aliphatic hydroxyl groups excluding tert-OH is 1. The van der Waals surface area contributed by atoms with E-state index in [1.54, 1.807) is 6.92 Å². The molecule has 1 fully saturated rings. The van der Waals surface area contributed by atoms with Gasteiger partial charge in [0.25, 0.3) is 0 Å². The molecule has 0 bridgehead atoms. The Bertz CT molecular complexity index is 226. The standard InChI is InChI=1S/C14H28O3/c1-10(2)12-6-5-11(3)7-13(12)17-9-14(4,16)8-15/h10-13,15-16H,5-9H2,1-4H3/t11-,12-,13-,14?/m1/s1. The average Bonchev–Trinajstić information content (AvgIpc) is 2.26. The lowest BCUT2D eigenvalue weighted by atomic mass is 9.75. The molecule has 1 unspecified atom stereocenters. The lowest BCUT2D eigenvalue weighted by Gasteiger charge is -2.38. The van der Waals surface area contributed by atoms with E-state index in [4.69, 9.17) is 9.84 Å². The highest BCUT2D eigenvalue weighted by Gasteiger charge is 2.33. The first kappa shape index (κ1) is 14.9. The summed E-state index contributed by atoms with van der Waals surface area (Å²) in [6, 6.07) is 0. The quantitative estimate of drug-likeness (QED) is 0.779. The van der Waals surface area contributed by atoms with E-state index in [9.17, 15) is 5.11 Å². The molecular formula is C14H28O3. The van der Waals surface area contributed by atoms with E-state index in [2.05, 4.69) is 20.8 Å². The van der Waals surface area contributed by atoms with E-state index < -0.39 is 5.60 Å². The van der Waals surface area contributed by atoms with Gasteiger partial charge in [-0.15, -0.1) is 0 Å². The Labute approximate surface area is 105 Å². The lowest BCUT2D eigenvalue weighted by molar-refractivity contribution is -0.116. The molecular weight excluding hydrogens is 216 g/mol. The van der Waals surface area contributed by atoms with Crippen LogP contribution in [-0.2, 0) is 4.74 Å². The van der Waals surface area contributed by atoms with Gasteiger partial charge in [0.1, 0.15) is 5.60 Å². The van der Waals surface area contributed by atoms with Gasteiger partial charge < -0.3 is 14.9 Å². The van der Waals surface area contributed by atoms with Crippen molar-refractivity contribution >= 4 is 0 Å². The Morgan fingerprint density at radius 1 is 1.35 bits per heavy atom. The third kappa shape index (κ3) is 4.57. The van der Waals surface area contributed by atoms with E-state index in [0.29, 0.717) is 17.8 Å². The first-order valence-corrected chi connectivity index (χ1v) is 6.80. The van der Waals surface area contributed by atoms with Crippen molar-refractivity contribution in [3.8, 4) is 0 Å². The van der Waals surface area contributed by atoms with Crippen LogP contribution < -0.4 is 0 Å². The van der Waals surface area contributed by atoms with Crippen molar-refractivity contribution in [2.75, 3.05) is 13.2 Å². The Morgan fingerprint density at radius 3 is 2.53 bits per heavy atom. The number of ether oxygens (including phenoxy) is 1. The van der Waals surface area contributed by atoms with Gasteiger partial charge in [-0.2, -0.15) is 0 Å². The highest BCUT2D eigenvalue weighted by Crippen LogP contribution is 2.35. The first-order chi connectivity index (χ1) is 7.85. The van der Waals surface area contributed by atoms with Gasteiger partial charge in [0.2, 0.25) is 0 Å². The molecule has 3 heteroatoms. The molecule has 0 saturated heterocycles. The van der Waals surface area contributed by atoms with Gasteiger partial charge in [0, 0.05) is 0 Å². The highest BCUT2D eigenvalue weighted by atomic mass is 16.5. The molecule has 0 aliphatic heterocycles. The lowest BCUT2D eigenvalue weighted by Crippen LogP contribution is -2.41. The SMILES string of the molecule is CC(C)[C@H]1CC[C@@H](C)C[C@H]1OCC(C)(O)CO. The van der Waals surface area contributed by atoms with Crippen LogP contribution in [0, 0.1) is 17.8 Å². The van der Waals surface area contributed by atoms with Crippen molar-refractivity contribution in [1.82, 2.24) is 0 Å². The summed E-state index contributed by atoms with van der Waals surface area (Å²) in [6.45, 7) is 8.33. The van der Waals surface area contributed by atoms with Crippen LogP contribution >= 0.6 is 0 Å². The summed E-state index contributed by atoms with van der Waals surface area (Å²) in [5.41, 5.74) is -1.11. The molecule has 0 aromatic rings. The van der Waals surface area contributed by atoms with Crippen LogP contribution in [0.15, 0.2) is 0 Å². The number of rotatable bonds is 5. The number of aliphatic hydroxyl groups is 2. The second kappa shape index (κ2) is 6.17. The molecule has 0 aromatic carbocycles. The summed E-state index contributed by atoms with van der Waals surface area (Å²) >= 11 is 0. The largest absolute Gasteiger partial charge is 0.393 e. The van der Waals surface area contributed by atoms with E-state index in [1.807, 2.05) is 0 Å². The molecule has 0 radical (unpaired) electrons. The molecule has 4 atom stereocenters. The minimum atomic E-state index is -1.11. The monoisotopic (exact) mass is 244 g/mol. The molecule has 0 aromatic heterocycles. The molecule has 0 spiro atoms. The van der Waals surface area contributed by atoms with Crippen LogP contribution in [0.4, 0.5) is 0 Å². The van der Waals surface area contributed by atoms with E-state index in [0.717, 1.165) is 6.42 Å². The third-order valence-electron chi connectivity index (χ3n) is 3.91. The van der Waals surface area contributed by atoms with E-state index >= 15 is 0 Å². The molecule has 3 nitrogen and oxygen atoms in total. The Balaban J connectivity index is 2.52. The molecule has 1 rings (SSSR count). The minimum Gasteiger partial charge on any atom is -0.393 e. The molecule has 1 aliphatic carbocycles. The predicted octanol–water partition coefficient (Wildman–Crippen LogP) is 2.21. The fourth-order valence-corrected chi connectivity index (χ4v) is 2.64. The zero-order valence-electron chi connectivity index (χ0n) is 11.6. The van der Waals surface area contributed by atoms with Crippen LogP contribution in [0.1, 0.15) is 47.0 Å². The topological polar surface area (TPSA) is 49.7 Å². The molecule has 1 aliphatic rings. The normalized spacial score (nSPS) is 33.7. The Kier molecular flexibility index (Phi) is 5.42. The van der Waals surface area contributed by atoms with Crippen LogP contribution in [0.5, 0.6) is 0 Å². The van der Waals surface area contributed by atoms with Crippen molar-refractivity contribution in [3.05, 3.63) is 0 Å². The Hall–Kier alpha value is -0.120. The summed E-state index contributed by atoms with van der Waals surface area (Å²) in [5.74, 6) is 1.90. The van der Waals surface area contributed by atoms with Crippen LogP contribution in [0.25, 0.3) is 0 Å². The second-order valence-corrected chi connectivity index (χ2v) is 6.33. The first-order valence-electron chi connectivity index (χ1n) is 6.80. The van der Waals surface area contributed by atoms with Crippen molar-refractivity contribution in [2.45, 2.75) is 58.7 Å². The molecule has 1 saturated carbocycles. The predicted molar refractivity (Wildman–Crippen MR) is 68.8 cm³/mol. The maximum Gasteiger partial charge on any atom is 0.108 e. The van der Waals surface area contributed by atoms with Crippen molar-refractivity contribution < 1.29 is 14.9 Å². The zero-order chi connectivity index (χ0) is 13.1. The fraction of sp³-hybridized carbons (Fsp3) is 1.00. The van der Waals surface area contributed by atoms with Gasteiger partial charge >= 0.3 is 0 Å². The van der Waals surface area contributed by atoms with Gasteiger partial charge in [-0.1, -0.05) is 27.2 Å². The number of hydrogen-bond acceptors (Lipinski definition) is 3. The van der Waals surface area contributed by atoms with Crippen molar-refractivity contribution in [2.24, 2.45) is 17.8 Å². The molecule has 2 N–H and O–H groups in total. The summed E-state index contributed by atoms with van der Waals surface area (Å²) < 4.78 is 5.87. The molecule has 102 valence electrons.